The predicted molar refractivity (Wildman–Crippen MR) is 70.5 cm³/mol. The smallest absolute Gasteiger partial charge is 0.258 e. The van der Waals surface area contributed by atoms with Gasteiger partial charge in [0.25, 0.3) is 5.91 Å². The van der Waals surface area contributed by atoms with E-state index in [1.165, 1.54) is 0 Å². The highest BCUT2D eigenvalue weighted by molar-refractivity contribution is 5.77. The van der Waals surface area contributed by atoms with Crippen LogP contribution in [0, 0.1) is 12.8 Å². The van der Waals surface area contributed by atoms with Gasteiger partial charge in [-0.05, 0) is 25.0 Å². The summed E-state index contributed by atoms with van der Waals surface area (Å²) < 4.78 is 5.35. The molecule has 1 atom stereocenters. The fourth-order valence-corrected chi connectivity index (χ4v) is 1.45. The second kappa shape index (κ2) is 7.01. The number of hydrogen-bond acceptors (Lipinski definition) is 3. The van der Waals surface area contributed by atoms with E-state index in [1.807, 2.05) is 45.0 Å². The molecule has 0 spiro atoms. The first kappa shape index (κ1) is 14.5. The molecule has 4 nitrogen and oxygen atoms in total. The molecule has 1 rings (SSSR count). The van der Waals surface area contributed by atoms with Crippen molar-refractivity contribution in [1.29, 1.82) is 0 Å². The number of rotatable bonds is 6. The lowest BCUT2D eigenvalue weighted by Gasteiger charge is -2.19. The standard InChI is InChI=1S/C14H21NO3/c1-10(2)13(8-16)15-14(17)9-18-12-6-4-11(3)5-7-12/h4-7,10,13,16H,8-9H2,1-3H3,(H,15,17). The topological polar surface area (TPSA) is 58.6 Å². The number of benzene rings is 1. The first-order chi connectivity index (χ1) is 8.52. The zero-order valence-electron chi connectivity index (χ0n) is 11.1. The van der Waals surface area contributed by atoms with Crippen LogP contribution in [0.5, 0.6) is 5.75 Å². The lowest BCUT2D eigenvalue weighted by molar-refractivity contribution is -0.124. The Kier molecular flexibility index (Phi) is 5.65. The maximum absolute atomic E-state index is 11.6. The van der Waals surface area contributed by atoms with Crippen molar-refractivity contribution in [3.63, 3.8) is 0 Å². The Morgan fingerprint density at radius 1 is 1.33 bits per heavy atom. The summed E-state index contributed by atoms with van der Waals surface area (Å²) in [5.74, 6) is 0.641. The van der Waals surface area contributed by atoms with Crippen molar-refractivity contribution in [2.45, 2.75) is 26.8 Å². The fraction of sp³-hybridized carbons (Fsp3) is 0.500. The van der Waals surface area contributed by atoms with Crippen LogP contribution in [-0.4, -0.2) is 30.3 Å². The van der Waals surface area contributed by atoms with E-state index in [2.05, 4.69) is 5.32 Å². The van der Waals surface area contributed by atoms with Crippen molar-refractivity contribution in [1.82, 2.24) is 5.32 Å². The summed E-state index contributed by atoms with van der Waals surface area (Å²) in [6, 6.07) is 7.29. The van der Waals surface area contributed by atoms with E-state index in [0.717, 1.165) is 5.56 Å². The van der Waals surface area contributed by atoms with E-state index in [0.29, 0.717) is 5.75 Å². The summed E-state index contributed by atoms with van der Waals surface area (Å²) in [5.41, 5.74) is 1.15. The zero-order chi connectivity index (χ0) is 13.5. The van der Waals surface area contributed by atoms with Crippen molar-refractivity contribution in [2.75, 3.05) is 13.2 Å². The van der Waals surface area contributed by atoms with Gasteiger partial charge in [-0.1, -0.05) is 31.5 Å². The normalized spacial score (nSPS) is 12.3. The molecule has 18 heavy (non-hydrogen) atoms. The number of nitrogens with one attached hydrogen (secondary N) is 1. The van der Waals surface area contributed by atoms with Crippen molar-refractivity contribution in [3.8, 4) is 5.75 Å². The number of aliphatic hydroxyl groups excluding tert-OH is 1. The molecule has 0 aliphatic heterocycles. The molecule has 0 aliphatic carbocycles. The molecule has 100 valence electrons. The molecule has 1 aromatic carbocycles. The van der Waals surface area contributed by atoms with Crippen LogP contribution in [0.25, 0.3) is 0 Å². The SMILES string of the molecule is Cc1ccc(OCC(=O)NC(CO)C(C)C)cc1. The van der Waals surface area contributed by atoms with Gasteiger partial charge in [-0.3, -0.25) is 4.79 Å². The molecule has 0 radical (unpaired) electrons. The number of ether oxygens (including phenoxy) is 1. The molecule has 0 heterocycles. The van der Waals surface area contributed by atoms with Gasteiger partial charge in [0.05, 0.1) is 12.6 Å². The van der Waals surface area contributed by atoms with Crippen LogP contribution in [0.2, 0.25) is 0 Å². The van der Waals surface area contributed by atoms with Crippen molar-refractivity contribution in [2.24, 2.45) is 5.92 Å². The molecular weight excluding hydrogens is 230 g/mol. The molecule has 0 fully saturated rings. The van der Waals surface area contributed by atoms with Gasteiger partial charge in [-0.25, -0.2) is 0 Å². The predicted octanol–water partition coefficient (Wildman–Crippen LogP) is 1.51. The van der Waals surface area contributed by atoms with Crippen LogP contribution in [0.3, 0.4) is 0 Å². The molecule has 0 bridgehead atoms. The highest BCUT2D eigenvalue weighted by Gasteiger charge is 2.15. The number of aliphatic hydroxyl groups is 1. The number of hydrogen-bond donors (Lipinski definition) is 2. The Bertz CT molecular complexity index is 373. The van der Waals surface area contributed by atoms with Crippen molar-refractivity contribution >= 4 is 5.91 Å². The Labute approximate surface area is 108 Å². The van der Waals surface area contributed by atoms with Crippen LogP contribution in [0.15, 0.2) is 24.3 Å². The van der Waals surface area contributed by atoms with Gasteiger partial charge < -0.3 is 15.2 Å². The number of aryl methyl sites for hydroxylation is 1. The third kappa shape index (κ3) is 4.75. The minimum Gasteiger partial charge on any atom is -0.484 e. The summed E-state index contributed by atoms with van der Waals surface area (Å²) in [7, 11) is 0. The maximum Gasteiger partial charge on any atom is 0.258 e. The first-order valence-electron chi connectivity index (χ1n) is 6.12. The summed E-state index contributed by atoms with van der Waals surface area (Å²) >= 11 is 0. The quantitative estimate of drug-likeness (QED) is 0.805. The Balaban J connectivity index is 2.39. The van der Waals surface area contributed by atoms with Crippen LogP contribution in [-0.2, 0) is 4.79 Å². The van der Waals surface area contributed by atoms with Gasteiger partial charge in [0, 0.05) is 0 Å². The highest BCUT2D eigenvalue weighted by atomic mass is 16.5. The molecule has 2 N–H and O–H groups in total. The van der Waals surface area contributed by atoms with E-state index in [-0.39, 0.29) is 31.1 Å². The molecule has 0 aliphatic rings. The monoisotopic (exact) mass is 251 g/mol. The Hall–Kier alpha value is -1.55. The van der Waals surface area contributed by atoms with Gasteiger partial charge >= 0.3 is 0 Å². The minimum atomic E-state index is -0.223. The van der Waals surface area contributed by atoms with E-state index in [4.69, 9.17) is 9.84 Å². The van der Waals surface area contributed by atoms with Gasteiger partial charge in [0.1, 0.15) is 5.75 Å². The summed E-state index contributed by atoms with van der Waals surface area (Å²) in [6.45, 7) is 5.79. The van der Waals surface area contributed by atoms with E-state index in [9.17, 15) is 4.79 Å². The van der Waals surface area contributed by atoms with E-state index < -0.39 is 0 Å². The third-order valence-electron chi connectivity index (χ3n) is 2.74. The largest absolute Gasteiger partial charge is 0.484 e. The second-order valence-electron chi connectivity index (χ2n) is 4.70. The van der Waals surface area contributed by atoms with Crippen molar-refractivity contribution in [3.05, 3.63) is 29.8 Å². The van der Waals surface area contributed by atoms with Crippen LogP contribution < -0.4 is 10.1 Å². The molecular formula is C14H21NO3. The number of carbonyl (C=O) groups is 1. The van der Waals surface area contributed by atoms with Gasteiger partial charge in [-0.15, -0.1) is 0 Å². The number of carbonyl (C=O) groups excluding carboxylic acids is 1. The Morgan fingerprint density at radius 3 is 2.44 bits per heavy atom. The van der Waals surface area contributed by atoms with E-state index in [1.54, 1.807) is 0 Å². The summed E-state index contributed by atoms with van der Waals surface area (Å²) in [6.07, 6.45) is 0. The molecule has 1 unspecified atom stereocenters. The molecule has 0 saturated carbocycles. The maximum atomic E-state index is 11.6. The Morgan fingerprint density at radius 2 is 1.94 bits per heavy atom. The molecule has 0 saturated heterocycles. The summed E-state index contributed by atoms with van der Waals surface area (Å²) in [4.78, 5) is 11.6. The highest BCUT2D eigenvalue weighted by Crippen LogP contribution is 2.11. The zero-order valence-corrected chi connectivity index (χ0v) is 11.1. The van der Waals surface area contributed by atoms with E-state index >= 15 is 0 Å². The van der Waals surface area contributed by atoms with Crippen LogP contribution in [0.1, 0.15) is 19.4 Å². The lowest BCUT2D eigenvalue weighted by Crippen LogP contribution is -2.43. The summed E-state index contributed by atoms with van der Waals surface area (Å²) in [5, 5.41) is 11.8. The first-order valence-corrected chi connectivity index (χ1v) is 6.12. The molecule has 4 heteroatoms. The van der Waals surface area contributed by atoms with Crippen LogP contribution in [0.4, 0.5) is 0 Å². The molecule has 1 aromatic rings. The third-order valence-corrected chi connectivity index (χ3v) is 2.74. The van der Waals surface area contributed by atoms with Gasteiger partial charge in [0.2, 0.25) is 0 Å². The second-order valence-corrected chi connectivity index (χ2v) is 4.70. The fourth-order valence-electron chi connectivity index (χ4n) is 1.45. The molecule has 1 amide bonds. The average molecular weight is 251 g/mol. The number of amides is 1. The lowest BCUT2D eigenvalue weighted by atomic mass is 10.1. The molecule has 0 aromatic heterocycles. The minimum absolute atomic E-state index is 0.0354. The average Bonchev–Trinajstić information content (AvgIpc) is 2.35. The van der Waals surface area contributed by atoms with Crippen molar-refractivity contribution < 1.29 is 14.6 Å². The van der Waals surface area contributed by atoms with Gasteiger partial charge in [0.15, 0.2) is 6.61 Å². The van der Waals surface area contributed by atoms with Gasteiger partial charge in [-0.2, -0.15) is 0 Å². The van der Waals surface area contributed by atoms with Crippen LogP contribution >= 0.6 is 0 Å².